The lowest BCUT2D eigenvalue weighted by Gasteiger charge is -2.40. The predicted octanol–water partition coefficient (Wildman–Crippen LogP) is 2.34. The summed E-state index contributed by atoms with van der Waals surface area (Å²) in [6, 6.07) is 7.28. The highest BCUT2D eigenvalue weighted by Gasteiger charge is 2.43. The van der Waals surface area contributed by atoms with Crippen molar-refractivity contribution in [2.45, 2.75) is 49.1 Å². The smallest absolute Gasteiger partial charge is 0.317 e. The molecule has 1 aromatic rings. The summed E-state index contributed by atoms with van der Waals surface area (Å²) in [5.74, 6) is 0.772. The molecular formula is C18H26N2O4S. The summed E-state index contributed by atoms with van der Waals surface area (Å²) in [6.07, 6.45) is 4.70. The molecule has 1 aromatic carbocycles. The number of carbonyl (C=O) groups is 1. The molecule has 0 bridgehead atoms. The molecule has 0 atom stereocenters. The van der Waals surface area contributed by atoms with E-state index in [0.29, 0.717) is 19.6 Å². The molecule has 2 fully saturated rings. The van der Waals surface area contributed by atoms with E-state index in [1.54, 1.807) is 12.0 Å². The van der Waals surface area contributed by atoms with Crippen molar-refractivity contribution in [2.75, 3.05) is 20.2 Å². The Morgan fingerprint density at radius 1 is 1.12 bits per heavy atom. The molecule has 0 unspecified atom stereocenters. The number of nitrogens with zero attached hydrogens (tertiary/aromatic N) is 1. The zero-order valence-corrected chi connectivity index (χ0v) is 15.4. The summed E-state index contributed by atoms with van der Waals surface area (Å²) in [6.45, 7) is 1.04. The van der Waals surface area contributed by atoms with Gasteiger partial charge in [-0.2, -0.15) is 0 Å². The second-order valence-electron chi connectivity index (χ2n) is 6.88. The minimum atomic E-state index is -3.10. The molecule has 0 spiro atoms. The third-order valence-corrected chi connectivity index (χ3v) is 7.85. The molecule has 1 aliphatic heterocycles. The third kappa shape index (κ3) is 4.08. The maximum Gasteiger partial charge on any atom is 0.317 e. The van der Waals surface area contributed by atoms with Crippen molar-refractivity contribution in [3.8, 4) is 5.75 Å². The molecule has 6 nitrogen and oxygen atoms in total. The van der Waals surface area contributed by atoms with Crippen molar-refractivity contribution in [3.05, 3.63) is 29.8 Å². The van der Waals surface area contributed by atoms with Crippen LogP contribution in [0.1, 0.15) is 37.7 Å². The minimum Gasteiger partial charge on any atom is -0.497 e. The number of amides is 2. The first-order chi connectivity index (χ1) is 12.0. The van der Waals surface area contributed by atoms with Gasteiger partial charge in [-0.15, -0.1) is 0 Å². The monoisotopic (exact) mass is 366 g/mol. The topological polar surface area (TPSA) is 75.7 Å². The fourth-order valence-corrected chi connectivity index (χ4v) is 5.82. The summed E-state index contributed by atoms with van der Waals surface area (Å²) in [4.78, 5) is 13.7. The summed E-state index contributed by atoms with van der Waals surface area (Å²) in [5.41, 5.74) is 0.973. The van der Waals surface area contributed by atoms with Gasteiger partial charge < -0.3 is 15.0 Å². The molecule has 7 heteroatoms. The number of ether oxygens (including phenoxy) is 1. The lowest BCUT2D eigenvalue weighted by Crippen LogP contribution is -2.60. The molecule has 1 aliphatic carbocycles. The Bertz CT molecular complexity index is 690. The molecule has 1 saturated carbocycles. The van der Waals surface area contributed by atoms with E-state index in [1.165, 1.54) is 0 Å². The van der Waals surface area contributed by atoms with Crippen molar-refractivity contribution < 1.29 is 17.9 Å². The second kappa shape index (κ2) is 7.64. The lowest BCUT2D eigenvalue weighted by molar-refractivity contribution is 0.168. The second-order valence-corrected chi connectivity index (χ2v) is 9.39. The Labute approximate surface area is 149 Å². The SMILES string of the molecule is COc1ccc(CNC(=O)N2CC(S(=O)(=O)C3CCCCC3)C2)cc1. The number of methoxy groups -OCH3 is 1. The van der Waals surface area contributed by atoms with Crippen LogP contribution < -0.4 is 10.1 Å². The van der Waals surface area contributed by atoms with E-state index in [9.17, 15) is 13.2 Å². The summed E-state index contributed by atoms with van der Waals surface area (Å²) < 4.78 is 30.3. The summed E-state index contributed by atoms with van der Waals surface area (Å²) in [5, 5.41) is 2.26. The minimum absolute atomic E-state index is 0.198. The van der Waals surface area contributed by atoms with Gasteiger partial charge in [-0.05, 0) is 30.5 Å². The number of hydrogen-bond acceptors (Lipinski definition) is 4. The van der Waals surface area contributed by atoms with Crippen LogP contribution in [0.3, 0.4) is 0 Å². The number of sulfone groups is 1. The highest BCUT2D eigenvalue weighted by molar-refractivity contribution is 7.92. The zero-order chi connectivity index (χ0) is 17.9. The van der Waals surface area contributed by atoms with Crippen LogP contribution in [0.15, 0.2) is 24.3 Å². The fourth-order valence-electron chi connectivity index (χ4n) is 3.51. The Kier molecular flexibility index (Phi) is 5.51. The van der Waals surface area contributed by atoms with E-state index in [0.717, 1.165) is 43.4 Å². The molecule has 138 valence electrons. The Morgan fingerprint density at radius 3 is 2.36 bits per heavy atom. The van der Waals surface area contributed by atoms with Crippen molar-refractivity contribution >= 4 is 15.9 Å². The largest absolute Gasteiger partial charge is 0.497 e. The highest BCUT2D eigenvalue weighted by atomic mass is 32.2. The van der Waals surface area contributed by atoms with Crippen LogP contribution in [0.5, 0.6) is 5.75 Å². The van der Waals surface area contributed by atoms with Crippen molar-refractivity contribution in [3.63, 3.8) is 0 Å². The molecule has 3 rings (SSSR count). The van der Waals surface area contributed by atoms with Gasteiger partial charge in [0.2, 0.25) is 0 Å². The number of benzene rings is 1. The molecule has 2 aliphatic rings. The fraction of sp³-hybridized carbons (Fsp3) is 0.611. The predicted molar refractivity (Wildman–Crippen MR) is 96.4 cm³/mol. The van der Waals surface area contributed by atoms with E-state index in [4.69, 9.17) is 4.74 Å². The zero-order valence-electron chi connectivity index (χ0n) is 14.6. The summed E-state index contributed by atoms with van der Waals surface area (Å²) >= 11 is 0. The highest BCUT2D eigenvalue weighted by Crippen LogP contribution is 2.29. The third-order valence-electron chi connectivity index (χ3n) is 5.22. The van der Waals surface area contributed by atoms with Gasteiger partial charge in [-0.25, -0.2) is 13.2 Å². The average molecular weight is 366 g/mol. The summed E-state index contributed by atoms with van der Waals surface area (Å²) in [7, 11) is -1.49. The van der Waals surface area contributed by atoms with Crippen molar-refractivity contribution in [1.29, 1.82) is 0 Å². The quantitative estimate of drug-likeness (QED) is 0.868. The van der Waals surface area contributed by atoms with Gasteiger partial charge in [-0.3, -0.25) is 0 Å². The van der Waals surface area contributed by atoms with Crippen LogP contribution in [-0.2, 0) is 16.4 Å². The molecule has 25 heavy (non-hydrogen) atoms. The first-order valence-electron chi connectivity index (χ1n) is 8.89. The van der Waals surface area contributed by atoms with Gasteiger partial charge in [0.25, 0.3) is 0 Å². The van der Waals surface area contributed by atoms with Gasteiger partial charge >= 0.3 is 6.03 Å². The van der Waals surface area contributed by atoms with Crippen LogP contribution in [0, 0.1) is 0 Å². The molecule has 1 N–H and O–H groups in total. The molecule has 1 heterocycles. The molecular weight excluding hydrogens is 340 g/mol. The van der Waals surface area contributed by atoms with Crippen molar-refractivity contribution in [1.82, 2.24) is 10.2 Å². The van der Waals surface area contributed by atoms with Gasteiger partial charge in [-0.1, -0.05) is 31.4 Å². The Hall–Kier alpha value is -1.76. The van der Waals surface area contributed by atoms with Crippen molar-refractivity contribution in [2.24, 2.45) is 0 Å². The Morgan fingerprint density at radius 2 is 1.76 bits per heavy atom. The number of nitrogens with one attached hydrogen (secondary N) is 1. The van der Waals surface area contributed by atoms with Crippen LogP contribution >= 0.6 is 0 Å². The lowest BCUT2D eigenvalue weighted by atomic mass is 10.0. The number of urea groups is 1. The standard InChI is InChI=1S/C18H26N2O4S/c1-24-15-9-7-14(8-10-15)11-19-18(21)20-12-17(13-20)25(22,23)16-5-3-2-4-6-16/h7-10,16-17H,2-6,11-13H2,1H3,(H,19,21). The van der Waals surface area contributed by atoms with E-state index in [1.807, 2.05) is 24.3 Å². The first kappa shape index (κ1) is 18.0. The maximum absolute atomic E-state index is 12.6. The average Bonchev–Trinajstić information content (AvgIpc) is 2.59. The normalized spacial score (nSPS) is 19.3. The number of hydrogen-bond donors (Lipinski definition) is 1. The number of rotatable bonds is 5. The van der Waals surface area contributed by atoms with Crippen LogP contribution in [-0.4, -0.2) is 50.0 Å². The maximum atomic E-state index is 12.6. The van der Waals surface area contributed by atoms with Crippen LogP contribution in [0.25, 0.3) is 0 Å². The van der Waals surface area contributed by atoms with Gasteiger partial charge in [0.05, 0.1) is 17.6 Å². The number of carbonyl (C=O) groups excluding carboxylic acids is 1. The molecule has 1 saturated heterocycles. The van der Waals surface area contributed by atoms with E-state index < -0.39 is 9.84 Å². The Balaban J connectivity index is 1.46. The molecule has 0 aromatic heterocycles. The molecule has 2 amide bonds. The van der Waals surface area contributed by atoms with Crippen LogP contribution in [0.2, 0.25) is 0 Å². The van der Waals surface area contributed by atoms with Crippen LogP contribution in [0.4, 0.5) is 4.79 Å². The van der Waals surface area contributed by atoms with Gasteiger partial charge in [0, 0.05) is 19.6 Å². The van der Waals surface area contributed by atoms with Gasteiger partial charge in [0.15, 0.2) is 9.84 Å². The van der Waals surface area contributed by atoms with E-state index in [-0.39, 0.29) is 16.5 Å². The molecule has 0 radical (unpaired) electrons. The van der Waals surface area contributed by atoms with E-state index >= 15 is 0 Å². The van der Waals surface area contributed by atoms with Gasteiger partial charge in [0.1, 0.15) is 5.75 Å². The first-order valence-corrected chi connectivity index (χ1v) is 10.5. The number of likely N-dealkylation sites (tertiary alicyclic amines) is 1. The van der Waals surface area contributed by atoms with E-state index in [2.05, 4.69) is 5.32 Å².